The monoisotopic (exact) mass is 439 g/mol. The number of aryl methyl sites for hydroxylation is 1. The van der Waals surface area contributed by atoms with Gasteiger partial charge in [-0.3, -0.25) is 4.79 Å². The summed E-state index contributed by atoms with van der Waals surface area (Å²) in [5, 5.41) is 13.6. The van der Waals surface area contributed by atoms with Gasteiger partial charge in [-0.25, -0.2) is 13.9 Å². The number of hydrogen-bond acceptors (Lipinski definition) is 6. The lowest BCUT2D eigenvalue weighted by Gasteiger charge is -2.12. The van der Waals surface area contributed by atoms with Crippen LogP contribution in [0.2, 0.25) is 0 Å². The van der Waals surface area contributed by atoms with Gasteiger partial charge >= 0.3 is 6.09 Å². The Bertz CT molecular complexity index is 1100. The number of amides is 2. The lowest BCUT2D eigenvalue weighted by molar-refractivity contribution is 0.102. The first-order valence-electron chi connectivity index (χ1n) is 10.1. The van der Waals surface area contributed by atoms with Crippen LogP contribution in [0.1, 0.15) is 21.7 Å². The van der Waals surface area contributed by atoms with Gasteiger partial charge in [0, 0.05) is 5.69 Å². The number of hydrogen-bond donors (Lipinski definition) is 2. The molecule has 166 valence electrons. The third kappa shape index (κ3) is 5.02. The molecule has 1 aliphatic heterocycles. The highest BCUT2D eigenvalue weighted by molar-refractivity contribution is 6.03. The molecule has 1 aliphatic rings. The van der Waals surface area contributed by atoms with Crippen molar-refractivity contribution in [3.63, 3.8) is 0 Å². The molecule has 2 amide bonds. The lowest BCUT2D eigenvalue weighted by Crippen LogP contribution is -2.32. The van der Waals surface area contributed by atoms with Crippen LogP contribution in [0, 0.1) is 5.82 Å². The van der Waals surface area contributed by atoms with Gasteiger partial charge < -0.3 is 20.1 Å². The van der Waals surface area contributed by atoms with E-state index in [1.807, 2.05) is 24.3 Å². The van der Waals surface area contributed by atoms with Gasteiger partial charge in [-0.05, 0) is 54.8 Å². The number of halogens is 1. The highest BCUT2D eigenvalue weighted by Gasteiger charge is 2.26. The van der Waals surface area contributed by atoms with E-state index >= 15 is 0 Å². The van der Waals surface area contributed by atoms with Crippen LogP contribution in [-0.4, -0.2) is 46.8 Å². The molecule has 4 rings (SSSR count). The van der Waals surface area contributed by atoms with E-state index in [-0.39, 0.29) is 18.3 Å². The number of rotatable bonds is 8. The van der Waals surface area contributed by atoms with Gasteiger partial charge in [0.15, 0.2) is 5.69 Å². The Morgan fingerprint density at radius 1 is 1.22 bits per heavy atom. The first-order valence-corrected chi connectivity index (χ1v) is 10.1. The average Bonchev–Trinajstić information content (AvgIpc) is 3.40. The van der Waals surface area contributed by atoms with E-state index in [1.165, 1.54) is 24.3 Å². The Labute approximate surface area is 183 Å². The number of carbonyl (C=O) groups is 2. The largest absolute Gasteiger partial charge is 0.497 e. The number of anilines is 1. The molecular weight excluding hydrogens is 417 g/mol. The number of aromatic nitrogens is 3. The number of nitrogens with zero attached hydrogens (tertiary/aromatic N) is 3. The van der Waals surface area contributed by atoms with Crippen LogP contribution in [0.3, 0.4) is 0 Å². The van der Waals surface area contributed by atoms with Crippen molar-refractivity contribution in [3.05, 3.63) is 71.3 Å². The van der Waals surface area contributed by atoms with Gasteiger partial charge in [-0.1, -0.05) is 17.3 Å². The van der Waals surface area contributed by atoms with Crippen molar-refractivity contribution in [1.29, 1.82) is 0 Å². The quantitative estimate of drug-likeness (QED) is 0.559. The predicted octanol–water partition coefficient (Wildman–Crippen LogP) is 2.57. The van der Waals surface area contributed by atoms with E-state index in [1.54, 1.807) is 11.8 Å². The van der Waals surface area contributed by atoms with Crippen LogP contribution in [0.25, 0.3) is 0 Å². The van der Waals surface area contributed by atoms with Crippen molar-refractivity contribution in [2.45, 2.75) is 25.4 Å². The number of alkyl carbamates (subject to hydrolysis) is 1. The maximum absolute atomic E-state index is 13.2. The summed E-state index contributed by atoms with van der Waals surface area (Å²) in [4.78, 5) is 24.2. The van der Waals surface area contributed by atoms with E-state index in [9.17, 15) is 14.0 Å². The van der Waals surface area contributed by atoms with Gasteiger partial charge in [0.25, 0.3) is 5.91 Å². The number of benzene rings is 2. The minimum atomic E-state index is -0.482. The van der Waals surface area contributed by atoms with Crippen LogP contribution in [0.5, 0.6) is 5.75 Å². The summed E-state index contributed by atoms with van der Waals surface area (Å²) >= 11 is 0. The molecule has 2 N–H and O–H groups in total. The predicted molar refractivity (Wildman–Crippen MR) is 113 cm³/mol. The maximum atomic E-state index is 13.2. The Hall–Kier alpha value is -3.95. The lowest BCUT2D eigenvalue weighted by atomic mass is 10.1. The third-order valence-electron chi connectivity index (χ3n) is 5.10. The Morgan fingerprint density at radius 3 is 2.62 bits per heavy atom. The Kier molecular flexibility index (Phi) is 6.29. The first kappa shape index (κ1) is 21.3. The summed E-state index contributed by atoms with van der Waals surface area (Å²) in [5.41, 5.74) is 2.30. The summed E-state index contributed by atoms with van der Waals surface area (Å²) in [6, 6.07) is 12.9. The van der Waals surface area contributed by atoms with E-state index < -0.39 is 17.8 Å². The molecule has 2 aromatic carbocycles. The van der Waals surface area contributed by atoms with Crippen molar-refractivity contribution < 1.29 is 23.5 Å². The van der Waals surface area contributed by atoms with Crippen LogP contribution in [0.15, 0.2) is 48.5 Å². The second-order valence-electron chi connectivity index (χ2n) is 7.32. The number of nitrogens with one attached hydrogen (secondary N) is 2. The Morgan fingerprint density at radius 2 is 1.97 bits per heavy atom. The summed E-state index contributed by atoms with van der Waals surface area (Å²) in [6.45, 7) is 0.536. The van der Waals surface area contributed by atoms with Crippen molar-refractivity contribution in [1.82, 2.24) is 20.3 Å². The second-order valence-corrected chi connectivity index (χ2v) is 7.32. The minimum Gasteiger partial charge on any atom is -0.497 e. The molecular formula is C22H22FN5O4. The normalized spacial score (nSPS) is 15.2. The molecule has 3 aromatic rings. The molecule has 0 radical (unpaired) electrons. The molecule has 1 unspecified atom stereocenters. The molecule has 0 bridgehead atoms. The van der Waals surface area contributed by atoms with Gasteiger partial charge in [0.2, 0.25) is 0 Å². The van der Waals surface area contributed by atoms with Crippen LogP contribution >= 0.6 is 0 Å². The fourth-order valence-corrected chi connectivity index (χ4v) is 3.42. The maximum Gasteiger partial charge on any atom is 0.407 e. The molecule has 10 heteroatoms. The Balaban J connectivity index is 1.54. The summed E-state index contributed by atoms with van der Waals surface area (Å²) in [6.07, 6.45) is 0.651. The molecule has 1 aromatic heterocycles. The molecule has 9 nitrogen and oxygen atoms in total. The molecule has 0 spiro atoms. The number of cyclic esters (lactones) is 1. The van der Waals surface area contributed by atoms with Gasteiger partial charge in [-0.15, -0.1) is 5.10 Å². The highest BCUT2D eigenvalue weighted by atomic mass is 19.1. The minimum absolute atomic E-state index is 0.174. The summed E-state index contributed by atoms with van der Waals surface area (Å²) < 4.78 is 24.9. The molecule has 0 saturated carbocycles. The standard InChI is InChI=1S/C22H22FN5O4/c1-31-18-9-2-14(3-10-18)4-11-19-20(21(29)24-16-7-5-15(23)6-8-16)26-27-28(19)12-17-13-32-22(30)25-17/h2-3,5-10,17H,4,11-13H2,1H3,(H,24,29)(H,25,30). The van der Waals surface area contributed by atoms with Crippen LogP contribution in [-0.2, 0) is 24.1 Å². The van der Waals surface area contributed by atoms with E-state index in [0.717, 1.165) is 11.3 Å². The van der Waals surface area contributed by atoms with Gasteiger partial charge in [0.05, 0.1) is 25.4 Å². The molecule has 2 heterocycles. The fraction of sp³-hybridized carbons (Fsp3) is 0.273. The molecule has 1 fully saturated rings. The smallest absolute Gasteiger partial charge is 0.407 e. The van der Waals surface area contributed by atoms with E-state index in [0.29, 0.717) is 30.8 Å². The number of ether oxygens (including phenoxy) is 2. The number of carbonyl (C=O) groups excluding carboxylic acids is 2. The van der Waals surface area contributed by atoms with Crippen molar-refractivity contribution in [3.8, 4) is 5.75 Å². The summed E-state index contributed by atoms with van der Waals surface area (Å²) in [7, 11) is 1.61. The van der Waals surface area contributed by atoms with E-state index in [4.69, 9.17) is 9.47 Å². The molecule has 0 aliphatic carbocycles. The molecule has 32 heavy (non-hydrogen) atoms. The number of methoxy groups -OCH3 is 1. The summed E-state index contributed by atoms with van der Waals surface area (Å²) in [5.74, 6) is -0.0777. The van der Waals surface area contributed by atoms with Gasteiger partial charge in [0.1, 0.15) is 18.2 Å². The second kappa shape index (κ2) is 9.46. The van der Waals surface area contributed by atoms with Gasteiger partial charge in [-0.2, -0.15) is 0 Å². The average molecular weight is 439 g/mol. The third-order valence-corrected chi connectivity index (χ3v) is 5.10. The zero-order valence-electron chi connectivity index (χ0n) is 17.4. The molecule has 1 atom stereocenters. The van der Waals surface area contributed by atoms with Crippen molar-refractivity contribution >= 4 is 17.7 Å². The van der Waals surface area contributed by atoms with Crippen LogP contribution in [0.4, 0.5) is 14.9 Å². The zero-order valence-corrected chi connectivity index (χ0v) is 17.4. The topological polar surface area (TPSA) is 107 Å². The SMILES string of the molecule is COc1ccc(CCc2c(C(=O)Nc3ccc(F)cc3)nnn2CC2COC(=O)N2)cc1. The zero-order chi connectivity index (χ0) is 22.5. The fourth-order valence-electron chi connectivity index (χ4n) is 3.42. The first-order chi connectivity index (χ1) is 15.5. The van der Waals surface area contributed by atoms with Crippen LogP contribution < -0.4 is 15.4 Å². The van der Waals surface area contributed by atoms with Crippen molar-refractivity contribution in [2.24, 2.45) is 0 Å². The van der Waals surface area contributed by atoms with E-state index in [2.05, 4.69) is 20.9 Å². The molecule has 1 saturated heterocycles. The highest BCUT2D eigenvalue weighted by Crippen LogP contribution is 2.17. The van der Waals surface area contributed by atoms with Crippen molar-refractivity contribution in [2.75, 3.05) is 19.0 Å².